The predicted octanol–water partition coefficient (Wildman–Crippen LogP) is 3.69. The van der Waals surface area contributed by atoms with Crippen LogP contribution >= 0.6 is 0 Å². The largest absolute Gasteiger partial charge is 0.493 e. The van der Waals surface area contributed by atoms with Crippen LogP contribution in [-0.2, 0) is 10.2 Å². The molecule has 1 atom stereocenters. The Labute approximate surface area is 172 Å². The molecule has 2 N–H and O–H groups in total. The summed E-state index contributed by atoms with van der Waals surface area (Å²) in [6.07, 6.45) is 2.13. The van der Waals surface area contributed by atoms with E-state index in [9.17, 15) is 9.59 Å². The van der Waals surface area contributed by atoms with E-state index in [4.69, 9.17) is 4.74 Å². The Kier molecular flexibility index (Phi) is 6.57. The third-order valence-electron chi connectivity index (χ3n) is 5.51. The molecule has 29 heavy (non-hydrogen) atoms. The molecule has 0 radical (unpaired) electrons. The monoisotopic (exact) mass is 394 g/mol. The van der Waals surface area contributed by atoms with Crippen LogP contribution < -0.4 is 15.4 Å². The van der Waals surface area contributed by atoms with Gasteiger partial charge in [0.15, 0.2) is 0 Å². The van der Waals surface area contributed by atoms with E-state index in [2.05, 4.69) is 22.8 Å². The summed E-state index contributed by atoms with van der Waals surface area (Å²) in [5.41, 5.74) is 1.73. The molecule has 1 aliphatic carbocycles. The van der Waals surface area contributed by atoms with Gasteiger partial charge in [-0.2, -0.15) is 0 Å². The summed E-state index contributed by atoms with van der Waals surface area (Å²) in [4.78, 5) is 25.7. The molecule has 2 aromatic rings. The van der Waals surface area contributed by atoms with Crippen LogP contribution in [0.15, 0.2) is 54.6 Å². The van der Waals surface area contributed by atoms with Crippen molar-refractivity contribution in [2.45, 2.75) is 45.1 Å². The summed E-state index contributed by atoms with van der Waals surface area (Å²) in [5, 5.41) is 5.97. The summed E-state index contributed by atoms with van der Waals surface area (Å²) in [5.74, 6) is 0.0399. The van der Waals surface area contributed by atoms with E-state index in [1.54, 1.807) is 18.2 Å². The first-order chi connectivity index (χ1) is 14.0. The van der Waals surface area contributed by atoms with E-state index in [-0.39, 0.29) is 23.1 Å². The quantitative estimate of drug-likeness (QED) is 0.682. The van der Waals surface area contributed by atoms with Crippen molar-refractivity contribution < 1.29 is 14.3 Å². The van der Waals surface area contributed by atoms with Crippen molar-refractivity contribution in [2.75, 3.05) is 13.2 Å². The fraction of sp³-hybridized carbons (Fsp3) is 0.417. The number of benzene rings is 2. The first-order valence-electron chi connectivity index (χ1n) is 10.3. The summed E-state index contributed by atoms with van der Waals surface area (Å²) in [6, 6.07) is 16.8. The molecule has 0 bridgehead atoms. The van der Waals surface area contributed by atoms with Crippen molar-refractivity contribution in [1.29, 1.82) is 0 Å². The molecule has 0 aromatic heterocycles. The van der Waals surface area contributed by atoms with Crippen LogP contribution in [0.4, 0.5) is 0 Å². The second kappa shape index (κ2) is 9.12. The molecule has 1 unspecified atom stereocenters. The topological polar surface area (TPSA) is 67.4 Å². The van der Waals surface area contributed by atoms with E-state index in [0.717, 1.165) is 12.8 Å². The van der Waals surface area contributed by atoms with Gasteiger partial charge in [0.2, 0.25) is 5.91 Å². The summed E-state index contributed by atoms with van der Waals surface area (Å²) < 4.78 is 5.55. The maximum Gasteiger partial charge on any atom is 0.255 e. The zero-order valence-electron chi connectivity index (χ0n) is 17.4. The Hall–Kier alpha value is -2.82. The fourth-order valence-corrected chi connectivity index (χ4v) is 3.57. The van der Waals surface area contributed by atoms with Gasteiger partial charge in [-0.25, -0.2) is 0 Å². The standard InChI is InChI=1S/C24H30N2O3/c1-4-29-20-13-9-8-12-19(20)22(27)26-21(17(2)3)23(28)25-16-24(14-15-24)18-10-6-5-7-11-18/h5-13,17,21H,4,14-16H2,1-3H3,(H,25,28)(H,26,27). The molecule has 1 saturated carbocycles. The second-order valence-electron chi connectivity index (χ2n) is 7.99. The molecule has 0 heterocycles. The van der Waals surface area contributed by atoms with Crippen molar-refractivity contribution in [3.05, 3.63) is 65.7 Å². The van der Waals surface area contributed by atoms with Crippen molar-refractivity contribution in [3.63, 3.8) is 0 Å². The molecular weight excluding hydrogens is 364 g/mol. The van der Waals surface area contributed by atoms with Gasteiger partial charge in [0.05, 0.1) is 12.2 Å². The smallest absolute Gasteiger partial charge is 0.255 e. The van der Waals surface area contributed by atoms with Crippen LogP contribution in [0.2, 0.25) is 0 Å². The third-order valence-corrected chi connectivity index (χ3v) is 5.51. The van der Waals surface area contributed by atoms with Crippen molar-refractivity contribution in [3.8, 4) is 5.75 Å². The van der Waals surface area contributed by atoms with Gasteiger partial charge in [-0.1, -0.05) is 56.3 Å². The van der Waals surface area contributed by atoms with Gasteiger partial charge in [0, 0.05) is 12.0 Å². The first-order valence-corrected chi connectivity index (χ1v) is 10.3. The van der Waals surface area contributed by atoms with Gasteiger partial charge in [-0.3, -0.25) is 9.59 Å². The average Bonchev–Trinajstić information content (AvgIpc) is 3.52. The zero-order chi connectivity index (χ0) is 20.9. The number of hydrogen-bond acceptors (Lipinski definition) is 3. The SMILES string of the molecule is CCOc1ccccc1C(=O)NC(C(=O)NCC1(c2ccccc2)CC1)C(C)C. The Morgan fingerprint density at radius 3 is 2.31 bits per heavy atom. The Bertz CT molecular complexity index is 844. The number of ether oxygens (including phenoxy) is 1. The molecule has 5 heteroatoms. The van der Waals surface area contributed by atoms with Crippen molar-refractivity contribution in [1.82, 2.24) is 10.6 Å². The first kappa shape index (κ1) is 20.9. The Morgan fingerprint density at radius 1 is 1.03 bits per heavy atom. The number of para-hydroxylation sites is 1. The number of amides is 2. The molecule has 0 spiro atoms. The second-order valence-corrected chi connectivity index (χ2v) is 7.99. The molecule has 3 rings (SSSR count). The fourth-order valence-electron chi connectivity index (χ4n) is 3.57. The molecule has 5 nitrogen and oxygen atoms in total. The predicted molar refractivity (Wildman–Crippen MR) is 114 cm³/mol. The van der Waals surface area contributed by atoms with Crippen LogP contribution in [0.3, 0.4) is 0 Å². The van der Waals surface area contributed by atoms with Gasteiger partial charge < -0.3 is 15.4 Å². The highest BCUT2D eigenvalue weighted by Gasteiger charge is 2.44. The lowest BCUT2D eigenvalue weighted by atomic mass is 9.95. The van der Waals surface area contributed by atoms with Crippen LogP contribution in [0.25, 0.3) is 0 Å². The van der Waals surface area contributed by atoms with E-state index in [1.807, 2.05) is 45.0 Å². The molecule has 0 aliphatic heterocycles. The number of carbonyl (C=O) groups is 2. The Balaban J connectivity index is 1.65. The minimum atomic E-state index is -0.608. The minimum absolute atomic E-state index is 0.0318. The average molecular weight is 395 g/mol. The van der Waals surface area contributed by atoms with E-state index >= 15 is 0 Å². The van der Waals surface area contributed by atoms with E-state index in [0.29, 0.717) is 24.5 Å². The Morgan fingerprint density at radius 2 is 1.69 bits per heavy atom. The number of hydrogen-bond donors (Lipinski definition) is 2. The number of nitrogens with one attached hydrogen (secondary N) is 2. The summed E-state index contributed by atoms with van der Waals surface area (Å²) in [7, 11) is 0. The lowest BCUT2D eigenvalue weighted by molar-refractivity contribution is -0.124. The van der Waals surface area contributed by atoms with Gasteiger partial charge in [-0.05, 0) is 43.4 Å². The minimum Gasteiger partial charge on any atom is -0.493 e. The number of rotatable bonds is 9. The highest BCUT2D eigenvalue weighted by Crippen LogP contribution is 2.47. The molecular formula is C24H30N2O3. The summed E-state index contributed by atoms with van der Waals surface area (Å²) >= 11 is 0. The van der Waals surface area contributed by atoms with Crippen LogP contribution in [0.1, 0.15) is 49.5 Å². The molecule has 2 aromatic carbocycles. The van der Waals surface area contributed by atoms with E-state index in [1.165, 1.54) is 5.56 Å². The lowest BCUT2D eigenvalue weighted by Crippen LogP contribution is -2.51. The highest BCUT2D eigenvalue weighted by molar-refractivity contribution is 5.99. The maximum atomic E-state index is 12.9. The molecule has 154 valence electrons. The zero-order valence-corrected chi connectivity index (χ0v) is 17.4. The third kappa shape index (κ3) is 4.97. The maximum absolute atomic E-state index is 12.9. The van der Waals surface area contributed by atoms with Gasteiger partial charge in [-0.15, -0.1) is 0 Å². The van der Waals surface area contributed by atoms with E-state index < -0.39 is 6.04 Å². The van der Waals surface area contributed by atoms with Crippen LogP contribution in [0, 0.1) is 5.92 Å². The normalized spacial score (nSPS) is 15.4. The molecule has 1 fully saturated rings. The van der Waals surface area contributed by atoms with Crippen molar-refractivity contribution in [2.24, 2.45) is 5.92 Å². The lowest BCUT2D eigenvalue weighted by Gasteiger charge is -2.24. The molecule has 1 aliphatic rings. The van der Waals surface area contributed by atoms with Crippen LogP contribution in [0.5, 0.6) is 5.75 Å². The highest BCUT2D eigenvalue weighted by atomic mass is 16.5. The van der Waals surface area contributed by atoms with Crippen LogP contribution in [-0.4, -0.2) is 31.0 Å². The van der Waals surface area contributed by atoms with Gasteiger partial charge >= 0.3 is 0 Å². The van der Waals surface area contributed by atoms with Gasteiger partial charge in [0.25, 0.3) is 5.91 Å². The molecule has 2 amide bonds. The van der Waals surface area contributed by atoms with Crippen molar-refractivity contribution >= 4 is 11.8 Å². The summed E-state index contributed by atoms with van der Waals surface area (Å²) in [6.45, 7) is 6.80. The van der Waals surface area contributed by atoms with Gasteiger partial charge in [0.1, 0.15) is 11.8 Å². The molecule has 0 saturated heterocycles. The number of carbonyl (C=O) groups excluding carboxylic acids is 2.